The number of nitro benzene ring substituents is 1. The number of nitrogens with zero attached hydrogens (tertiary/aromatic N) is 2. The molecule has 1 saturated heterocycles. The molecule has 0 aliphatic carbocycles. The van der Waals surface area contributed by atoms with Crippen molar-refractivity contribution in [2.75, 3.05) is 16.8 Å². The summed E-state index contributed by atoms with van der Waals surface area (Å²) < 4.78 is 29.1. The van der Waals surface area contributed by atoms with Gasteiger partial charge in [0.05, 0.1) is 4.92 Å². The molecule has 0 radical (unpaired) electrons. The molecule has 2 aromatic rings. The highest BCUT2D eigenvalue weighted by Gasteiger charge is 2.22. The van der Waals surface area contributed by atoms with Gasteiger partial charge in [-0.15, -0.1) is 0 Å². The normalized spacial score (nSPS) is 14.0. The van der Waals surface area contributed by atoms with E-state index in [-0.39, 0.29) is 5.91 Å². The Morgan fingerprint density at radius 2 is 1.85 bits per heavy atom. The molecular formula is C17H15F2N3O4. The number of rotatable bonds is 6. The molecule has 26 heavy (non-hydrogen) atoms. The summed E-state index contributed by atoms with van der Waals surface area (Å²) >= 11 is 0. The van der Waals surface area contributed by atoms with Crippen molar-refractivity contribution in [2.45, 2.75) is 19.5 Å². The van der Waals surface area contributed by atoms with Crippen molar-refractivity contribution >= 4 is 28.7 Å². The monoisotopic (exact) mass is 363 g/mol. The van der Waals surface area contributed by atoms with Crippen molar-refractivity contribution in [1.82, 2.24) is 0 Å². The Morgan fingerprint density at radius 3 is 2.42 bits per heavy atom. The summed E-state index contributed by atoms with van der Waals surface area (Å²) in [6, 6.07) is 10.6. The van der Waals surface area contributed by atoms with Crippen molar-refractivity contribution in [3.63, 3.8) is 0 Å². The quantitative estimate of drug-likeness (QED) is 0.618. The Kier molecular flexibility index (Phi) is 4.97. The second-order valence-corrected chi connectivity index (χ2v) is 5.64. The van der Waals surface area contributed by atoms with E-state index in [0.29, 0.717) is 24.3 Å². The lowest BCUT2D eigenvalue weighted by molar-refractivity contribution is -0.386. The van der Waals surface area contributed by atoms with E-state index in [2.05, 4.69) is 10.1 Å². The maximum Gasteiger partial charge on any atom is 0.387 e. The van der Waals surface area contributed by atoms with Gasteiger partial charge in [0.15, 0.2) is 0 Å². The molecule has 9 heteroatoms. The van der Waals surface area contributed by atoms with Crippen LogP contribution in [0.15, 0.2) is 42.5 Å². The molecule has 1 N–H and O–H groups in total. The number of amides is 1. The van der Waals surface area contributed by atoms with Crippen LogP contribution in [0, 0.1) is 10.1 Å². The number of nitrogens with one attached hydrogen (secondary N) is 1. The number of nitro groups is 1. The maximum atomic E-state index is 12.4. The molecule has 1 aliphatic rings. The minimum absolute atomic E-state index is 0.0786. The van der Waals surface area contributed by atoms with Crippen molar-refractivity contribution in [3.05, 3.63) is 52.6 Å². The van der Waals surface area contributed by atoms with E-state index in [4.69, 9.17) is 0 Å². The van der Waals surface area contributed by atoms with Crippen LogP contribution in [0.4, 0.5) is 31.5 Å². The topological polar surface area (TPSA) is 84.7 Å². The first kappa shape index (κ1) is 17.6. The number of anilines is 3. The van der Waals surface area contributed by atoms with Crippen LogP contribution in [0.25, 0.3) is 0 Å². The second-order valence-electron chi connectivity index (χ2n) is 5.64. The zero-order valence-electron chi connectivity index (χ0n) is 13.5. The number of benzene rings is 2. The summed E-state index contributed by atoms with van der Waals surface area (Å²) in [6.07, 6.45) is 1.37. The summed E-state index contributed by atoms with van der Waals surface area (Å²) in [4.78, 5) is 23.5. The fourth-order valence-corrected chi connectivity index (χ4v) is 2.75. The van der Waals surface area contributed by atoms with Gasteiger partial charge < -0.3 is 15.0 Å². The van der Waals surface area contributed by atoms with E-state index in [0.717, 1.165) is 24.2 Å². The third kappa shape index (κ3) is 3.88. The van der Waals surface area contributed by atoms with Gasteiger partial charge in [-0.1, -0.05) is 0 Å². The summed E-state index contributed by atoms with van der Waals surface area (Å²) in [5.41, 5.74) is 1.23. The SMILES string of the molecule is O=C1CCCN1c1ccc(Nc2ccc([N+](=O)[O-])c(OC(F)F)c2)cc1. The fraction of sp³-hybridized carbons (Fsp3) is 0.235. The fourth-order valence-electron chi connectivity index (χ4n) is 2.75. The van der Waals surface area contributed by atoms with Gasteiger partial charge in [-0.3, -0.25) is 14.9 Å². The van der Waals surface area contributed by atoms with Crippen molar-refractivity contribution in [2.24, 2.45) is 0 Å². The van der Waals surface area contributed by atoms with E-state index in [1.807, 2.05) is 0 Å². The summed E-state index contributed by atoms with van der Waals surface area (Å²) in [5, 5.41) is 13.9. The van der Waals surface area contributed by atoms with Crippen LogP contribution >= 0.6 is 0 Å². The number of alkyl halides is 2. The number of hydrogen-bond acceptors (Lipinski definition) is 5. The third-order valence-corrected chi connectivity index (χ3v) is 3.91. The van der Waals surface area contributed by atoms with Gasteiger partial charge in [0.2, 0.25) is 11.7 Å². The first-order chi connectivity index (χ1) is 12.4. The Balaban J connectivity index is 1.78. The van der Waals surface area contributed by atoms with E-state index < -0.39 is 23.0 Å². The molecule has 0 spiro atoms. The average Bonchev–Trinajstić information content (AvgIpc) is 3.01. The van der Waals surface area contributed by atoms with Crippen molar-refractivity contribution < 1.29 is 23.2 Å². The molecule has 7 nitrogen and oxygen atoms in total. The molecule has 2 aromatic carbocycles. The highest BCUT2D eigenvalue weighted by atomic mass is 19.3. The molecule has 1 fully saturated rings. The standard InChI is InChI=1S/C17H15F2N3O4/c18-17(19)26-15-10-12(5-8-14(15)22(24)25)20-11-3-6-13(7-4-11)21-9-1-2-16(21)23/h3-8,10,17,20H,1-2,9H2. The minimum atomic E-state index is -3.17. The van der Waals surface area contributed by atoms with Gasteiger partial charge in [0.1, 0.15) is 0 Å². The Bertz CT molecular complexity index is 827. The first-order valence-corrected chi connectivity index (χ1v) is 7.85. The van der Waals surface area contributed by atoms with E-state index in [1.165, 1.54) is 6.07 Å². The second kappa shape index (κ2) is 7.34. The summed E-state index contributed by atoms with van der Waals surface area (Å²) in [6.45, 7) is -2.48. The molecule has 0 saturated carbocycles. The number of carbonyl (C=O) groups is 1. The van der Waals surface area contributed by atoms with Crippen LogP contribution in [0.5, 0.6) is 5.75 Å². The number of carbonyl (C=O) groups excluding carboxylic acids is 1. The molecule has 0 aromatic heterocycles. The van der Waals surface area contributed by atoms with Crippen LogP contribution in [-0.2, 0) is 4.79 Å². The van der Waals surface area contributed by atoms with E-state index >= 15 is 0 Å². The smallest absolute Gasteiger partial charge is 0.387 e. The van der Waals surface area contributed by atoms with Crippen molar-refractivity contribution in [1.29, 1.82) is 0 Å². The highest BCUT2D eigenvalue weighted by molar-refractivity contribution is 5.95. The lowest BCUT2D eigenvalue weighted by Crippen LogP contribution is -2.23. The molecule has 136 valence electrons. The molecule has 0 unspecified atom stereocenters. The van der Waals surface area contributed by atoms with Gasteiger partial charge >= 0.3 is 12.3 Å². The van der Waals surface area contributed by atoms with Gasteiger partial charge in [-0.2, -0.15) is 8.78 Å². The molecule has 3 rings (SSSR count). The van der Waals surface area contributed by atoms with Gasteiger partial charge in [0, 0.05) is 42.2 Å². The van der Waals surface area contributed by atoms with Crippen LogP contribution in [0.2, 0.25) is 0 Å². The average molecular weight is 363 g/mol. The van der Waals surface area contributed by atoms with E-state index in [1.54, 1.807) is 29.2 Å². The van der Waals surface area contributed by atoms with Gasteiger partial charge in [-0.05, 0) is 36.8 Å². The zero-order chi connectivity index (χ0) is 18.7. The predicted octanol–water partition coefficient (Wildman–Crippen LogP) is 4.07. The molecule has 1 aliphatic heterocycles. The molecule has 1 amide bonds. The Hall–Kier alpha value is -3.23. The van der Waals surface area contributed by atoms with Crippen LogP contribution in [0.1, 0.15) is 12.8 Å². The lowest BCUT2D eigenvalue weighted by atomic mass is 10.2. The lowest BCUT2D eigenvalue weighted by Gasteiger charge is -2.16. The summed E-state index contributed by atoms with van der Waals surface area (Å²) in [5.74, 6) is -0.441. The van der Waals surface area contributed by atoms with Crippen LogP contribution in [0.3, 0.4) is 0 Å². The highest BCUT2D eigenvalue weighted by Crippen LogP contribution is 2.33. The maximum absolute atomic E-state index is 12.4. The zero-order valence-corrected chi connectivity index (χ0v) is 13.5. The molecule has 0 atom stereocenters. The number of hydrogen-bond donors (Lipinski definition) is 1. The molecule has 1 heterocycles. The summed E-state index contributed by atoms with van der Waals surface area (Å²) in [7, 11) is 0. The minimum Gasteiger partial charge on any atom is -0.427 e. The number of ether oxygens (including phenoxy) is 1. The molecular weight excluding hydrogens is 348 g/mol. The molecule has 0 bridgehead atoms. The van der Waals surface area contributed by atoms with Crippen LogP contribution < -0.4 is 15.0 Å². The Labute approximate surface area is 147 Å². The number of halogens is 2. The predicted molar refractivity (Wildman–Crippen MR) is 91.0 cm³/mol. The third-order valence-electron chi connectivity index (χ3n) is 3.91. The van der Waals surface area contributed by atoms with Gasteiger partial charge in [0.25, 0.3) is 0 Å². The van der Waals surface area contributed by atoms with Crippen LogP contribution in [-0.4, -0.2) is 24.0 Å². The van der Waals surface area contributed by atoms with E-state index in [9.17, 15) is 23.7 Å². The first-order valence-electron chi connectivity index (χ1n) is 7.85. The largest absolute Gasteiger partial charge is 0.427 e. The van der Waals surface area contributed by atoms with Gasteiger partial charge in [-0.25, -0.2) is 0 Å². The Morgan fingerprint density at radius 1 is 1.15 bits per heavy atom. The van der Waals surface area contributed by atoms with Crippen molar-refractivity contribution in [3.8, 4) is 5.75 Å².